The van der Waals surface area contributed by atoms with E-state index in [2.05, 4.69) is 15.1 Å². The second kappa shape index (κ2) is 7.93. The molecule has 1 amide bonds. The molecule has 1 aromatic rings. The Bertz CT molecular complexity index is 483. The number of carbonyl (C=O) groups is 1. The normalized spacial score (nSPS) is 26.6. The number of nitrogens with two attached hydrogens (primary N) is 1. The summed E-state index contributed by atoms with van der Waals surface area (Å²) in [6, 6.07) is 0. The molecule has 23 heavy (non-hydrogen) atoms. The van der Waals surface area contributed by atoms with Crippen LogP contribution in [0.3, 0.4) is 0 Å². The molecule has 0 bridgehead atoms. The van der Waals surface area contributed by atoms with E-state index in [1.54, 1.807) is 0 Å². The van der Waals surface area contributed by atoms with Crippen molar-refractivity contribution in [2.45, 2.75) is 44.6 Å². The van der Waals surface area contributed by atoms with Gasteiger partial charge in [0.25, 0.3) is 0 Å². The molecule has 2 saturated heterocycles. The molecule has 1 aromatic heterocycles. The third kappa shape index (κ3) is 4.54. The molecular weight excluding hydrogens is 292 g/mol. The van der Waals surface area contributed by atoms with Crippen LogP contribution in [0.1, 0.15) is 37.7 Å². The molecule has 2 aliphatic heterocycles. The number of aryl methyl sites for hydroxylation is 1. The zero-order valence-corrected chi connectivity index (χ0v) is 13.7. The van der Waals surface area contributed by atoms with Crippen LogP contribution in [0.2, 0.25) is 0 Å². The Hall–Kier alpha value is -1.40. The third-order valence-corrected chi connectivity index (χ3v) is 5.34. The topological polar surface area (TPSA) is 84.2 Å². The van der Waals surface area contributed by atoms with Crippen molar-refractivity contribution in [3.8, 4) is 0 Å². The first-order chi connectivity index (χ1) is 11.2. The van der Waals surface area contributed by atoms with Gasteiger partial charge in [0, 0.05) is 12.8 Å². The van der Waals surface area contributed by atoms with E-state index in [-0.39, 0.29) is 17.9 Å². The van der Waals surface area contributed by atoms with E-state index >= 15 is 0 Å². The number of nitrogens with zero attached hydrogens (tertiary/aromatic N) is 2. The van der Waals surface area contributed by atoms with Gasteiger partial charge in [-0.15, -0.1) is 0 Å². The zero-order valence-electron chi connectivity index (χ0n) is 13.7. The number of primary amides is 1. The summed E-state index contributed by atoms with van der Waals surface area (Å²) in [6.45, 7) is 4.15. The lowest BCUT2D eigenvalue weighted by Crippen LogP contribution is -2.37. The SMILES string of the molecule is NC(=O)[C@@H]1CCO[C@@H]1CC1CCN(CCCc2cn[nH]c2)CC1. The van der Waals surface area contributed by atoms with E-state index in [1.165, 1.54) is 24.8 Å². The lowest BCUT2D eigenvalue weighted by atomic mass is 9.86. The first-order valence-corrected chi connectivity index (χ1v) is 8.83. The highest BCUT2D eigenvalue weighted by molar-refractivity contribution is 5.77. The summed E-state index contributed by atoms with van der Waals surface area (Å²) in [4.78, 5) is 14.0. The summed E-state index contributed by atoms with van der Waals surface area (Å²) < 4.78 is 5.74. The number of hydrogen-bond acceptors (Lipinski definition) is 4. The van der Waals surface area contributed by atoms with Gasteiger partial charge < -0.3 is 15.4 Å². The smallest absolute Gasteiger partial charge is 0.223 e. The Balaban J connectivity index is 1.34. The van der Waals surface area contributed by atoms with Gasteiger partial charge in [-0.1, -0.05) is 0 Å². The predicted molar refractivity (Wildman–Crippen MR) is 87.7 cm³/mol. The van der Waals surface area contributed by atoms with Gasteiger partial charge in [0.2, 0.25) is 5.91 Å². The number of aromatic amines is 1. The monoisotopic (exact) mass is 320 g/mol. The summed E-state index contributed by atoms with van der Waals surface area (Å²) >= 11 is 0. The predicted octanol–water partition coefficient (Wildman–Crippen LogP) is 1.33. The summed E-state index contributed by atoms with van der Waals surface area (Å²) in [5.74, 6) is 0.414. The molecule has 6 heteroatoms. The Morgan fingerprint density at radius 1 is 1.39 bits per heavy atom. The summed E-state index contributed by atoms with van der Waals surface area (Å²) in [5.41, 5.74) is 6.76. The number of hydrogen-bond donors (Lipinski definition) is 2. The molecular formula is C17H28N4O2. The quantitative estimate of drug-likeness (QED) is 0.794. The number of carbonyl (C=O) groups excluding carboxylic acids is 1. The maximum atomic E-state index is 11.4. The molecule has 0 unspecified atom stereocenters. The lowest BCUT2D eigenvalue weighted by molar-refractivity contribution is -0.123. The zero-order chi connectivity index (χ0) is 16.1. The van der Waals surface area contributed by atoms with E-state index in [9.17, 15) is 4.79 Å². The van der Waals surface area contributed by atoms with Gasteiger partial charge in [0.05, 0.1) is 18.2 Å². The highest BCUT2D eigenvalue weighted by atomic mass is 16.5. The van der Waals surface area contributed by atoms with E-state index in [1.807, 2.05) is 12.4 Å². The maximum absolute atomic E-state index is 11.4. The molecule has 3 rings (SSSR count). The number of ether oxygens (including phenoxy) is 1. The number of amides is 1. The molecule has 2 fully saturated rings. The van der Waals surface area contributed by atoms with Crippen LogP contribution in [-0.4, -0.2) is 53.3 Å². The van der Waals surface area contributed by atoms with Crippen LogP contribution in [0.15, 0.2) is 12.4 Å². The van der Waals surface area contributed by atoms with Crippen LogP contribution in [0, 0.1) is 11.8 Å². The average molecular weight is 320 g/mol. The largest absolute Gasteiger partial charge is 0.377 e. The van der Waals surface area contributed by atoms with Crippen molar-refractivity contribution >= 4 is 5.91 Å². The number of aromatic nitrogens is 2. The van der Waals surface area contributed by atoms with Gasteiger partial charge in [-0.3, -0.25) is 9.89 Å². The van der Waals surface area contributed by atoms with Gasteiger partial charge in [-0.05, 0) is 69.6 Å². The van der Waals surface area contributed by atoms with Crippen molar-refractivity contribution in [2.24, 2.45) is 17.6 Å². The van der Waals surface area contributed by atoms with Crippen molar-refractivity contribution < 1.29 is 9.53 Å². The van der Waals surface area contributed by atoms with E-state index in [4.69, 9.17) is 10.5 Å². The summed E-state index contributed by atoms with van der Waals surface area (Å²) in [5, 5.41) is 6.84. The van der Waals surface area contributed by atoms with Crippen LogP contribution in [0.5, 0.6) is 0 Å². The minimum atomic E-state index is -0.191. The fourth-order valence-corrected chi connectivity index (χ4v) is 3.90. The van der Waals surface area contributed by atoms with E-state index < -0.39 is 0 Å². The molecule has 0 aliphatic carbocycles. The third-order valence-electron chi connectivity index (χ3n) is 5.34. The van der Waals surface area contributed by atoms with Crippen molar-refractivity contribution in [2.75, 3.05) is 26.2 Å². The number of rotatable bonds is 7. The Morgan fingerprint density at radius 3 is 2.91 bits per heavy atom. The van der Waals surface area contributed by atoms with Gasteiger partial charge in [0.1, 0.15) is 0 Å². The van der Waals surface area contributed by atoms with Gasteiger partial charge in [0.15, 0.2) is 0 Å². The Morgan fingerprint density at radius 2 is 2.22 bits per heavy atom. The number of piperidine rings is 1. The van der Waals surface area contributed by atoms with Gasteiger partial charge >= 0.3 is 0 Å². The second-order valence-electron chi connectivity index (χ2n) is 6.94. The van der Waals surface area contributed by atoms with E-state index in [0.29, 0.717) is 12.5 Å². The first kappa shape index (κ1) is 16.5. The van der Waals surface area contributed by atoms with Gasteiger partial charge in [-0.2, -0.15) is 5.10 Å². The fraction of sp³-hybridized carbons (Fsp3) is 0.765. The highest BCUT2D eigenvalue weighted by Crippen LogP contribution is 2.30. The van der Waals surface area contributed by atoms with E-state index in [0.717, 1.165) is 38.9 Å². The number of H-pyrrole nitrogens is 1. The minimum absolute atomic E-state index is 0.0603. The van der Waals surface area contributed by atoms with Crippen LogP contribution < -0.4 is 5.73 Å². The average Bonchev–Trinajstić information content (AvgIpc) is 3.20. The molecule has 0 aromatic carbocycles. The minimum Gasteiger partial charge on any atom is -0.377 e. The van der Waals surface area contributed by atoms with Crippen LogP contribution in [0.4, 0.5) is 0 Å². The van der Waals surface area contributed by atoms with Crippen molar-refractivity contribution in [1.82, 2.24) is 15.1 Å². The molecule has 2 atom stereocenters. The van der Waals surface area contributed by atoms with Crippen molar-refractivity contribution in [1.29, 1.82) is 0 Å². The molecule has 0 saturated carbocycles. The maximum Gasteiger partial charge on any atom is 0.223 e. The van der Waals surface area contributed by atoms with Crippen molar-refractivity contribution in [3.63, 3.8) is 0 Å². The number of likely N-dealkylation sites (tertiary alicyclic amines) is 1. The van der Waals surface area contributed by atoms with Crippen LogP contribution in [0.25, 0.3) is 0 Å². The van der Waals surface area contributed by atoms with Crippen LogP contribution in [-0.2, 0) is 16.0 Å². The highest BCUT2D eigenvalue weighted by Gasteiger charge is 2.34. The first-order valence-electron chi connectivity index (χ1n) is 8.83. The number of nitrogens with one attached hydrogen (secondary N) is 1. The molecule has 0 radical (unpaired) electrons. The Kier molecular flexibility index (Phi) is 5.67. The Labute approximate surface area is 137 Å². The lowest BCUT2D eigenvalue weighted by Gasteiger charge is -2.33. The molecule has 2 aliphatic rings. The summed E-state index contributed by atoms with van der Waals surface area (Å²) in [7, 11) is 0. The molecule has 0 spiro atoms. The van der Waals surface area contributed by atoms with Crippen LogP contribution >= 0.6 is 0 Å². The molecule has 6 nitrogen and oxygen atoms in total. The molecule has 3 heterocycles. The standard InChI is InChI=1S/C17H28N4O2/c18-17(22)15-5-9-23-16(15)10-13-3-7-21(8-4-13)6-1-2-14-11-19-20-12-14/h11-13,15-16H,1-10H2,(H2,18,22)(H,19,20)/t15-,16-/m1/s1. The van der Waals surface area contributed by atoms with Gasteiger partial charge in [-0.25, -0.2) is 0 Å². The molecule has 3 N–H and O–H groups in total. The summed E-state index contributed by atoms with van der Waals surface area (Å²) in [6.07, 6.45) is 10.4. The second-order valence-corrected chi connectivity index (χ2v) is 6.94. The molecule has 128 valence electrons. The fourth-order valence-electron chi connectivity index (χ4n) is 3.90. The van der Waals surface area contributed by atoms with Crippen molar-refractivity contribution in [3.05, 3.63) is 18.0 Å².